The molecule has 0 aliphatic carbocycles. The maximum Gasteiger partial charge on any atom is 0.257 e. The number of hydrogen-bond acceptors (Lipinski definition) is 7. The number of rotatable bonds is 6. The molecule has 1 aromatic carbocycles. The van der Waals surface area contributed by atoms with Crippen molar-refractivity contribution in [1.82, 2.24) is 13.6 Å². The van der Waals surface area contributed by atoms with Gasteiger partial charge in [0, 0.05) is 43.0 Å². The molecule has 32 heavy (non-hydrogen) atoms. The maximum absolute atomic E-state index is 12.8. The minimum absolute atomic E-state index is 0.0498. The van der Waals surface area contributed by atoms with E-state index in [2.05, 4.69) is 10.3 Å². The Balaban J connectivity index is 1.44. The summed E-state index contributed by atoms with van der Waals surface area (Å²) in [7, 11) is -6.82. The molecule has 0 spiro atoms. The monoisotopic (exact) mass is 498 g/mol. The lowest BCUT2D eigenvalue weighted by atomic mass is 10.2. The Morgan fingerprint density at radius 2 is 1.72 bits per heavy atom. The van der Waals surface area contributed by atoms with Crippen LogP contribution in [0.1, 0.15) is 47.1 Å². The molecule has 1 saturated heterocycles. The number of thiazole rings is 1. The Morgan fingerprint density at radius 1 is 1.03 bits per heavy atom. The molecule has 4 rings (SSSR count). The fraction of sp³-hybridized carbons (Fsp3) is 0.500. The molecule has 0 saturated carbocycles. The molecule has 0 atom stereocenters. The van der Waals surface area contributed by atoms with Gasteiger partial charge >= 0.3 is 0 Å². The Bertz CT molecular complexity index is 1200. The molecule has 3 heterocycles. The molecule has 0 unspecified atom stereocenters. The fourth-order valence-electron chi connectivity index (χ4n) is 3.85. The third-order valence-electron chi connectivity index (χ3n) is 5.74. The summed E-state index contributed by atoms with van der Waals surface area (Å²) in [6.45, 7) is 3.31. The maximum atomic E-state index is 12.8. The van der Waals surface area contributed by atoms with E-state index in [1.165, 1.54) is 44.2 Å². The van der Waals surface area contributed by atoms with E-state index < -0.39 is 26.0 Å². The van der Waals surface area contributed by atoms with Crippen LogP contribution in [0.5, 0.6) is 0 Å². The van der Waals surface area contributed by atoms with Crippen molar-refractivity contribution in [1.29, 1.82) is 0 Å². The molecule has 1 amide bonds. The number of carbonyl (C=O) groups is 1. The third-order valence-corrected chi connectivity index (χ3v) is 10.5. The van der Waals surface area contributed by atoms with Crippen LogP contribution in [0.3, 0.4) is 0 Å². The van der Waals surface area contributed by atoms with Crippen molar-refractivity contribution in [3.63, 3.8) is 0 Å². The smallest absolute Gasteiger partial charge is 0.257 e. The highest BCUT2D eigenvalue weighted by Crippen LogP contribution is 2.30. The quantitative estimate of drug-likeness (QED) is 0.653. The molecule has 2 aliphatic heterocycles. The van der Waals surface area contributed by atoms with E-state index in [0.29, 0.717) is 36.8 Å². The molecule has 174 valence electrons. The van der Waals surface area contributed by atoms with Crippen LogP contribution in [-0.2, 0) is 33.0 Å². The number of nitrogens with one attached hydrogen (secondary N) is 1. The summed E-state index contributed by atoms with van der Waals surface area (Å²) in [5.74, 6) is -0.343. The van der Waals surface area contributed by atoms with Crippen molar-refractivity contribution in [3.05, 3.63) is 40.4 Å². The van der Waals surface area contributed by atoms with Crippen LogP contribution in [0, 0.1) is 0 Å². The van der Waals surface area contributed by atoms with Gasteiger partial charge in [-0.15, -0.1) is 11.3 Å². The molecular formula is C20H26N4O5S3. The zero-order chi connectivity index (χ0) is 22.9. The second kappa shape index (κ2) is 9.18. The standard InChI is InChI=1S/C20H26N4O5S3/c1-2-31(26,27)24-13-10-17-18(14-24)30-20(21-17)22-19(25)15-6-8-16(9-7-15)32(28,29)23-11-4-3-5-12-23/h6-9H,2-5,10-14H2,1H3,(H,21,22,25). The Kier molecular flexibility index (Phi) is 6.68. The summed E-state index contributed by atoms with van der Waals surface area (Å²) in [4.78, 5) is 18.1. The molecule has 2 aliphatic rings. The number of aromatic nitrogens is 1. The third kappa shape index (κ3) is 4.74. The van der Waals surface area contributed by atoms with E-state index in [1.54, 1.807) is 6.92 Å². The minimum Gasteiger partial charge on any atom is -0.298 e. The van der Waals surface area contributed by atoms with Crippen molar-refractivity contribution in [2.24, 2.45) is 0 Å². The van der Waals surface area contributed by atoms with E-state index in [4.69, 9.17) is 0 Å². The van der Waals surface area contributed by atoms with Crippen LogP contribution in [0.4, 0.5) is 5.13 Å². The lowest BCUT2D eigenvalue weighted by molar-refractivity contribution is 0.102. The highest BCUT2D eigenvalue weighted by atomic mass is 32.2. The largest absolute Gasteiger partial charge is 0.298 e. The van der Waals surface area contributed by atoms with E-state index in [1.807, 2.05) is 0 Å². The summed E-state index contributed by atoms with van der Waals surface area (Å²) in [6.07, 6.45) is 3.26. The van der Waals surface area contributed by atoms with E-state index in [-0.39, 0.29) is 17.2 Å². The Morgan fingerprint density at radius 3 is 2.38 bits per heavy atom. The van der Waals surface area contributed by atoms with E-state index in [0.717, 1.165) is 29.8 Å². The van der Waals surface area contributed by atoms with Crippen molar-refractivity contribution < 1.29 is 21.6 Å². The van der Waals surface area contributed by atoms with Gasteiger partial charge in [-0.2, -0.15) is 8.61 Å². The second-order valence-electron chi connectivity index (χ2n) is 7.82. The first kappa shape index (κ1) is 23.3. The second-order valence-corrected chi connectivity index (χ2v) is 13.1. The van der Waals surface area contributed by atoms with Crippen LogP contribution >= 0.6 is 11.3 Å². The zero-order valence-corrected chi connectivity index (χ0v) is 20.2. The van der Waals surface area contributed by atoms with E-state index >= 15 is 0 Å². The number of nitrogens with zero attached hydrogens (tertiary/aromatic N) is 3. The van der Waals surface area contributed by atoms with Gasteiger partial charge in [-0.1, -0.05) is 6.42 Å². The molecule has 0 radical (unpaired) electrons. The van der Waals surface area contributed by atoms with Crippen molar-refractivity contribution >= 4 is 42.4 Å². The number of amides is 1. The zero-order valence-electron chi connectivity index (χ0n) is 17.8. The van der Waals surface area contributed by atoms with Gasteiger partial charge in [-0.25, -0.2) is 21.8 Å². The number of anilines is 1. The number of hydrogen-bond donors (Lipinski definition) is 1. The van der Waals surface area contributed by atoms with Gasteiger partial charge in [-0.05, 0) is 44.0 Å². The highest BCUT2D eigenvalue weighted by Gasteiger charge is 2.29. The topological polar surface area (TPSA) is 117 Å². The molecule has 1 N–H and O–H groups in total. The number of piperidine rings is 1. The van der Waals surface area contributed by atoms with Gasteiger partial charge in [0.15, 0.2) is 5.13 Å². The summed E-state index contributed by atoms with van der Waals surface area (Å²) < 4.78 is 52.7. The molecule has 12 heteroatoms. The molecule has 9 nitrogen and oxygen atoms in total. The van der Waals surface area contributed by atoms with Gasteiger partial charge in [0.25, 0.3) is 5.91 Å². The number of carbonyl (C=O) groups excluding carboxylic acids is 1. The highest BCUT2D eigenvalue weighted by molar-refractivity contribution is 7.89. The number of fused-ring (bicyclic) bond motifs is 1. The van der Waals surface area contributed by atoms with Crippen LogP contribution in [0.2, 0.25) is 0 Å². The van der Waals surface area contributed by atoms with Gasteiger partial charge < -0.3 is 0 Å². The first-order valence-electron chi connectivity index (χ1n) is 10.6. The first-order chi connectivity index (χ1) is 15.2. The first-order valence-corrected chi connectivity index (χ1v) is 14.5. The van der Waals surface area contributed by atoms with Crippen LogP contribution in [-0.4, -0.2) is 61.7 Å². The minimum atomic E-state index is -3.55. The Hall–Kier alpha value is -1.86. The van der Waals surface area contributed by atoms with Crippen molar-refractivity contribution in [2.45, 2.75) is 44.0 Å². The average molecular weight is 499 g/mol. The van der Waals surface area contributed by atoms with Gasteiger partial charge in [0.1, 0.15) is 0 Å². The summed E-state index contributed by atoms with van der Waals surface area (Å²) in [5, 5.41) is 3.15. The van der Waals surface area contributed by atoms with Crippen LogP contribution < -0.4 is 5.32 Å². The summed E-state index contributed by atoms with van der Waals surface area (Å²) >= 11 is 1.26. The van der Waals surface area contributed by atoms with Gasteiger partial charge in [-0.3, -0.25) is 10.1 Å². The Labute approximate surface area is 192 Å². The predicted molar refractivity (Wildman–Crippen MR) is 123 cm³/mol. The van der Waals surface area contributed by atoms with Crippen molar-refractivity contribution in [2.75, 3.05) is 30.7 Å². The average Bonchev–Trinajstić information content (AvgIpc) is 3.21. The summed E-state index contributed by atoms with van der Waals surface area (Å²) in [6, 6.07) is 5.91. The van der Waals surface area contributed by atoms with Crippen LogP contribution in [0.25, 0.3) is 0 Å². The molecule has 1 fully saturated rings. The summed E-state index contributed by atoms with van der Waals surface area (Å²) in [5.41, 5.74) is 1.13. The van der Waals surface area contributed by atoms with Gasteiger partial charge in [0.2, 0.25) is 20.0 Å². The normalized spacial score (nSPS) is 18.3. The number of sulfonamides is 2. The van der Waals surface area contributed by atoms with Crippen LogP contribution in [0.15, 0.2) is 29.2 Å². The fourth-order valence-corrected chi connectivity index (χ4v) is 7.53. The lowest BCUT2D eigenvalue weighted by Gasteiger charge is -2.25. The number of benzene rings is 1. The molecule has 2 aromatic rings. The molecule has 0 bridgehead atoms. The lowest BCUT2D eigenvalue weighted by Crippen LogP contribution is -2.36. The van der Waals surface area contributed by atoms with Gasteiger partial charge in [0.05, 0.1) is 16.3 Å². The van der Waals surface area contributed by atoms with E-state index in [9.17, 15) is 21.6 Å². The van der Waals surface area contributed by atoms with Crippen molar-refractivity contribution in [3.8, 4) is 0 Å². The molecular weight excluding hydrogens is 472 g/mol. The molecule has 1 aromatic heterocycles. The predicted octanol–water partition coefficient (Wildman–Crippen LogP) is 2.28. The SMILES string of the molecule is CCS(=O)(=O)N1CCc2nc(NC(=O)c3ccc(S(=O)(=O)N4CCCCC4)cc3)sc2C1.